The van der Waals surface area contributed by atoms with Crippen molar-refractivity contribution in [3.63, 3.8) is 0 Å². The Labute approximate surface area is 253 Å². The molecular formula is C30H25ClF5N5O3. The first-order chi connectivity index (χ1) is 20.8. The number of halogens is 6. The van der Waals surface area contributed by atoms with Crippen LogP contribution in [0.5, 0.6) is 0 Å². The summed E-state index contributed by atoms with van der Waals surface area (Å²) < 4.78 is 67.9. The van der Waals surface area contributed by atoms with Gasteiger partial charge in [-0.2, -0.15) is 18.4 Å². The smallest absolute Gasteiger partial charge is 0.369 e. The van der Waals surface area contributed by atoms with Crippen LogP contribution < -0.4 is 21.3 Å². The summed E-state index contributed by atoms with van der Waals surface area (Å²) in [6.45, 7) is -0.402. The first kappa shape index (κ1) is 32.2. The molecular weight excluding hydrogens is 609 g/mol. The monoisotopic (exact) mass is 633 g/mol. The Hall–Kier alpha value is -4.70. The van der Waals surface area contributed by atoms with Gasteiger partial charge in [0.1, 0.15) is 6.04 Å². The molecule has 0 radical (unpaired) electrons. The van der Waals surface area contributed by atoms with E-state index in [0.717, 1.165) is 6.07 Å². The molecule has 0 aliphatic carbocycles. The fraction of sp³-hybridized carbons (Fsp3) is 0.267. The Kier molecular flexibility index (Phi) is 9.74. The van der Waals surface area contributed by atoms with Crippen molar-refractivity contribution in [1.29, 1.82) is 5.26 Å². The summed E-state index contributed by atoms with van der Waals surface area (Å²) in [5.41, 5.74) is 5.39. The van der Waals surface area contributed by atoms with E-state index in [1.807, 2.05) is 6.07 Å². The van der Waals surface area contributed by atoms with E-state index in [0.29, 0.717) is 0 Å². The largest absolute Gasteiger partial charge is 0.389 e. The van der Waals surface area contributed by atoms with Crippen molar-refractivity contribution in [2.75, 3.05) is 16.8 Å². The minimum atomic E-state index is -4.67. The van der Waals surface area contributed by atoms with Gasteiger partial charge in [0.15, 0.2) is 0 Å². The van der Waals surface area contributed by atoms with Crippen LogP contribution in [0.1, 0.15) is 41.9 Å². The Morgan fingerprint density at radius 2 is 1.82 bits per heavy atom. The summed E-state index contributed by atoms with van der Waals surface area (Å²) in [5, 5.41) is 14.4. The molecule has 0 bridgehead atoms. The number of nitrogens with two attached hydrogens (primary N) is 1. The highest BCUT2D eigenvalue weighted by atomic mass is 35.5. The molecule has 3 atom stereocenters. The zero-order valence-electron chi connectivity index (χ0n) is 22.7. The summed E-state index contributed by atoms with van der Waals surface area (Å²) in [6.07, 6.45) is -9.94. The number of nitrogens with one attached hydrogen (secondary N) is 2. The minimum absolute atomic E-state index is 0.0898. The van der Waals surface area contributed by atoms with E-state index in [1.54, 1.807) is 6.07 Å². The van der Waals surface area contributed by atoms with Crippen LogP contribution in [0.15, 0.2) is 66.7 Å². The number of anilines is 3. The fourth-order valence-electron chi connectivity index (χ4n) is 5.13. The van der Waals surface area contributed by atoms with E-state index >= 15 is 0 Å². The van der Waals surface area contributed by atoms with Crippen LogP contribution >= 0.6 is 11.6 Å². The number of para-hydroxylation sites is 1. The molecule has 4 rings (SSSR count). The number of primary amides is 1. The molecule has 0 fully saturated rings. The molecule has 0 saturated carbocycles. The number of fused-ring (bicyclic) bond motifs is 1. The van der Waals surface area contributed by atoms with Gasteiger partial charge in [0, 0.05) is 22.7 Å². The average molecular weight is 634 g/mol. The lowest BCUT2D eigenvalue weighted by molar-refractivity contribution is -0.144. The molecule has 44 heavy (non-hydrogen) atoms. The zero-order chi connectivity index (χ0) is 32.2. The van der Waals surface area contributed by atoms with Crippen molar-refractivity contribution in [1.82, 2.24) is 5.32 Å². The normalized spacial score (nSPS) is 16.3. The van der Waals surface area contributed by atoms with Gasteiger partial charge in [0.05, 0.1) is 41.4 Å². The number of hydrogen-bond donors (Lipinski definition) is 3. The number of nitriles is 1. The van der Waals surface area contributed by atoms with Crippen molar-refractivity contribution < 1.29 is 36.3 Å². The highest BCUT2D eigenvalue weighted by molar-refractivity contribution is 6.31. The molecule has 3 aromatic rings. The maximum absolute atomic E-state index is 14.0. The average Bonchev–Trinajstić information content (AvgIpc) is 3.10. The Morgan fingerprint density at radius 3 is 2.43 bits per heavy atom. The zero-order valence-corrected chi connectivity index (χ0v) is 23.5. The highest BCUT2D eigenvalue weighted by Gasteiger charge is 2.40. The van der Waals surface area contributed by atoms with Crippen LogP contribution in [0, 0.1) is 17.2 Å². The quantitative estimate of drug-likeness (QED) is 0.251. The van der Waals surface area contributed by atoms with Crippen LogP contribution in [0.2, 0.25) is 5.02 Å². The van der Waals surface area contributed by atoms with E-state index < -0.39 is 73.2 Å². The number of amides is 3. The van der Waals surface area contributed by atoms with Gasteiger partial charge in [0.2, 0.25) is 17.7 Å². The topological polar surface area (TPSA) is 128 Å². The third kappa shape index (κ3) is 7.44. The molecule has 8 nitrogen and oxygen atoms in total. The second-order valence-corrected chi connectivity index (χ2v) is 10.5. The Morgan fingerprint density at radius 1 is 1.11 bits per heavy atom. The summed E-state index contributed by atoms with van der Waals surface area (Å²) >= 11 is 6.20. The van der Waals surface area contributed by atoms with Gasteiger partial charge in [-0.3, -0.25) is 14.4 Å². The summed E-state index contributed by atoms with van der Waals surface area (Å²) in [5.74, 6) is -6.19. The van der Waals surface area contributed by atoms with Gasteiger partial charge in [-0.1, -0.05) is 54.1 Å². The number of benzene rings is 3. The summed E-state index contributed by atoms with van der Waals surface area (Å²) in [7, 11) is 0. The van der Waals surface area contributed by atoms with Crippen LogP contribution in [0.4, 0.5) is 39.0 Å². The van der Waals surface area contributed by atoms with Gasteiger partial charge < -0.3 is 21.3 Å². The molecule has 0 aromatic heterocycles. The number of rotatable bonds is 9. The predicted molar refractivity (Wildman–Crippen MR) is 152 cm³/mol. The summed E-state index contributed by atoms with van der Waals surface area (Å²) in [4.78, 5) is 41.0. The van der Waals surface area contributed by atoms with Crippen molar-refractivity contribution >= 4 is 46.4 Å². The summed E-state index contributed by atoms with van der Waals surface area (Å²) in [6, 6.07) is 16.0. The van der Waals surface area contributed by atoms with Crippen molar-refractivity contribution in [2.45, 2.75) is 37.4 Å². The molecule has 14 heteroatoms. The molecule has 0 spiro atoms. The number of carbonyl (C=O) groups is 3. The molecule has 0 saturated heterocycles. The third-order valence-electron chi connectivity index (χ3n) is 7.11. The lowest BCUT2D eigenvalue weighted by Gasteiger charge is -2.30. The Bertz CT molecular complexity index is 1600. The standard InChI is InChI=1S/C30H25ClF5N5O3/c31-18-11-16(14-37)12-19(13-18)41-15-22(29(44)40-25-21(26(32)33)7-4-8-23(25)41)39-28(43)20(9-10-30(34,35)36)24(27(38)42)17-5-2-1-3-6-17/h1-8,11-13,20,22,24,26H,9-10,15H2,(H2,38,42)(H,39,43)(H,40,44)/t20-,22?,24+/m1/s1. The third-order valence-corrected chi connectivity index (χ3v) is 7.33. The molecule has 1 heterocycles. The molecule has 3 aromatic carbocycles. The van der Waals surface area contributed by atoms with E-state index in [2.05, 4.69) is 10.6 Å². The minimum Gasteiger partial charge on any atom is -0.369 e. The Balaban J connectivity index is 1.77. The van der Waals surface area contributed by atoms with Crippen LogP contribution in [-0.4, -0.2) is 36.5 Å². The molecule has 1 aliphatic rings. The number of nitrogens with zero attached hydrogens (tertiary/aromatic N) is 2. The molecule has 1 unspecified atom stereocenters. The number of carbonyl (C=O) groups excluding carboxylic acids is 3. The second-order valence-electron chi connectivity index (χ2n) is 10.1. The highest BCUT2D eigenvalue weighted by Crippen LogP contribution is 2.41. The van der Waals surface area contributed by atoms with Crippen molar-refractivity contribution in [2.24, 2.45) is 11.7 Å². The molecule has 3 amide bonds. The predicted octanol–water partition coefficient (Wildman–Crippen LogP) is 5.95. The van der Waals surface area contributed by atoms with E-state index in [9.17, 15) is 41.6 Å². The molecule has 1 aliphatic heterocycles. The first-order valence-corrected chi connectivity index (χ1v) is 13.6. The SMILES string of the molecule is N#Cc1cc(Cl)cc(N2CC(NC(=O)[C@H](CCC(F)(F)F)[C@@H](C(N)=O)c3ccccc3)C(=O)Nc3c(C(F)F)cccc32)c1. The van der Waals surface area contributed by atoms with Gasteiger partial charge in [0.25, 0.3) is 6.43 Å². The molecule has 230 valence electrons. The number of hydrogen-bond acceptors (Lipinski definition) is 5. The fourth-order valence-corrected chi connectivity index (χ4v) is 5.36. The van der Waals surface area contributed by atoms with E-state index in [-0.39, 0.29) is 33.2 Å². The van der Waals surface area contributed by atoms with Crippen molar-refractivity contribution in [3.8, 4) is 6.07 Å². The second kappa shape index (κ2) is 13.3. The lowest BCUT2D eigenvalue weighted by Crippen LogP contribution is -2.51. The van der Waals surface area contributed by atoms with Crippen LogP contribution in [0.3, 0.4) is 0 Å². The maximum Gasteiger partial charge on any atom is 0.389 e. The maximum atomic E-state index is 14.0. The van der Waals surface area contributed by atoms with Gasteiger partial charge in [-0.15, -0.1) is 0 Å². The van der Waals surface area contributed by atoms with E-state index in [4.69, 9.17) is 17.3 Å². The molecule has 4 N–H and O–H groups in total. The van der Waals surface area contributed by atoms with Crippen LogP contribution in [0.25, 0.3) is 0 Å². The van der Waals surface area contributed by atoms with Crippen molar-refractivity contribution in [3.05, 3.63) is 88.4 Å². The van der Waals surface area contributed by atoms with Gasteiger partial charge >= 0.3 is 6.18 Å². The lowest BCUT2D eigenvalue weighted by atomic mass is 9.81. The number of alkyl halides is 5. The van der Waals surface area contributed by atoms with Gasteiger partial charge in [-0.05, 0) is 36.2 Å². The first-order valence-electron chi connectivity index (χ1n) is 13.2. The van der Waals surface area contributed by atoms with E-state index in [1.165, 1.54) is 59.5 Å². The van der Waals surface area contributed by atoms with Crippen LogP contribution in [-0.2, 0) is 14.4 Å². The van der Waals surface area contributed by atoms with Gasteiger partial charge in [-0.25, -0.2) is 8.78 Å².